The van der Waals surface area contributed by atoms with Gasteiger partial charge in [-0.2, -0.15) is 13.2 Å². The van der Waals surface area contributed by atoms with Crippen molar-refractivity contribution in [3.63, 3.8) is 0 Å². The monoisotopic (exact) mass is 313 g/mol. The van der Waals surface area contributed by atoms with Gasteiger partial charge in [-0.25, -0.2) is 0 Å². The molecule has 1 amide bonds. The topological polar surface area (TPSA) is 49.3 Å². The number of thiophene rings is 1. The van der Waals surface area contributed by atoms with Crippen LogP contribution in [-0.4, -0.2) is 35.2 Å². The highest BCUT2D eigenvalue weighted by molar-refractivity contribution is 8.00. The van der Waals surface area contributed by atoms with E-state index >= 15 is 0 Å². The van der Waals surface area contributed by atoms with Crippen LogP contribution in [0.5, 0.6) is 0 Å². The van der Waals surface area contributed by atoms with Crippen molar-refractivity contribution < 1.29 is 23.1 Å². The molecule has 1 heterocycles. The number of hydrogen-bond acceptors (Lipinski definition) is 4. The maximum atomic E-state index is 11.9. The molecule has 1 atom stereocenters. The summed E-state index contributed by atoms with van der Waals surface area (Å²) in [4.78, 5) is 12.0. The van der Waals surface area contributed by atoms with E-state index in [9.17, 15) is 23.1 Å². The molecule has 0 saturated carbocycles. The molecule has 2 N–H and O–H groups in total. The van der Waals surface area contributed by atoms with Crippen molar-refractivity contribution in [2.75, 3.05) is 18.1 Å². The Morgan fingerprint density at radius 3 is 2.74 bits per heavy atom. The number of amides is 1. The lowest BCUT2D eigenvalue weighted by atomic mass is 10.1. The Balaban J connectivity index is 2.30. The van der Waals surface area contributed by atoms with Crippen LogP contribution in [0.2, 0.25) is 0 Å². The van der Waals surface area contributed by atoms with Crippen LogP contribution in [0.15, 0.2) is 17.5 Å². The summed E-state index contributed by atoms with van der Waals surface area (Å²) in [6.45, 7) is 1.51. The molecule has 0 aliphatic rings. The normalized spacial score (nSPS) is 15.0. The van der Waals surface area contributed by atoms with Crippen LogP contribution in [0.25, 0.3) is 0 Å². The zero-order valence-electron chi connectivity index (χ0n) is 10.2. The minimum atomic E-state index is -4.27. The zero-order valence-corrected chi connectivity index (χ0v) is 11.8. The van der Waals surface area contributed by atoms with Gasteiger partial charge in [0.15, 0.2) is 0 Å². The molecule has 0 fully saturated rings. The van der Waals surface area contributed by atoms with Crippen LogP contribution < -0.4 is 5.32 Å². The van der Waals surface area contributed by atoms with Gasteiger partial charge in [0.25, 0.3) is 0 Å². The van der Waals surface area contributed by atoms with Gasteiger partial charge >= 0.3 is 6.18 Å². The summed E-state index contributed by atoms with van der Waals surface area (Å²) in [5.41, 5.74) is -1.21. The Bertz CT molecular complexity index is 405. The van der Waals surface area contributed by atoms with Gasteiger partial charge in [0, 0.05) is 4.88 Å². The number of rotatable bonds is 6. The van der Waals surface area contributed by atoms with Crippen LogP contribution in [0, 0.1) is 0 Å². The van der Waals surface area contributed by atoms with Gasteiger partial charge in [0.1, 0.15) is 5.60 Å². The number of carbonyl (C=O) groups excluding carboxylic acids is 1. The van der Waals surface area contributed by atoms with Gasteiger partial charge in [-0.3, -0.25) is 4.79 Å². The smallest absolute Gasteiger partial charge is 0.383 e. The first-order valence-electron chi connectivity index (χ1n) is 5.38. The average molecular weight is 313 g/mol. The SMILES string of the molecule is CC(O)(CNC(=O)CSCC(F)(F)F)c1cccs1. The fraction of sp³-hybridized carbons (Fsp3) is 0.545. The molecule has 0 spiro atoms. The van der Waals surface area contributed by atoms with E-state index in [1.54, 1.807) is 24.4 Å². The fourth-order valence-corrected chi connectivity index (χ4v) is 2.66. The minimum absolute atomic E-state index is 0.0288. The molecule has 0 radical (unpaired) electrons. The van der Waals surface area contributed by atoms with Crippen molar-refractivity contribution in [1.82, 2.24) is 5.32 Å². The van der Waals surface area contributed by atoms with Crippen molar-refractivity contribution in [3.8, 4) is 0 Å². The number of alkyl halides is 3. The van der Waals surface area contributed by atoms with Crippen molar-refractivity contribution in [2.24, 2.45) is 0 Å². The summed E-state index contributed by atoms with van der Waals surface area (Å²) in [6.07, 6.45) is -4.27. The number of halogens is 3. The molecule has 0 saturated heterocycles. The quantitative estimate of drug-likeness (QED) is 0.848. The highest BCUT2D eigenvalue weighted by Crippen LogP contribution is 2.24. The molecule has 1 aromatic rings. The third-order valence-corrected chi connectivity index (χ3v) is 4.30. The summed E-state index contributed by atoms with van der Waals surface area (Å²) in [5.74, 6) is -1.85. The molecule has 0 aliphatic heterocycles. The highest BCUT2D eigenvalue weighted by Gasteiger charge is 2.28. The summed E-state index contributed by atoms with van der Waals surface area (Å²) in [5, 5.41) is 14.3. The van der Waals surface area contributed by atoms with Crippen LogP contribution in [0.3, 0.4) is 0 Å². The predicted octanol–water partition coefficient (Wildman–Crippen LogP) is 2.37. The van der Waals surface area contributed by atoms with E-state index in [0.717, 1.165) is 0 Å². The predicted molar refractivity (Wildman–Crippen MR) is 70.3 cm³/mol. The average Bonchev–Trinajstić information content (AvgIpc) is 2.78. The summed E-state index contributed by atoms with van der Waals surface area (Å²) < 4.78 is 35.6. The molecule has 0 aromatic carbocycles. The number of hydrogen-bond donors (Lipinski definition) is 2. The van der Waals surface area contributed by atoms with E-state index in [2.05, 4.69) is 5.32 Å². The first-order chi connectivity index (χ1) is 8.71. The first kappa shape index (κ1) is 16.3. The fourth-order valence-electron chi connectivity index (χ4n) is 1.25. The molecule has 1 aromatic heterocycles. The number of aliphatic hydroxyl groups is 1. The van der Waals surface area contributed by atoms with Gasteiger partial charge in [0.2, 0.25) is 5.91 Å². The highest BCUT2D eigenvalue weighted by atomic mass is 32.2. The van der Waals surface area contributed by atoms with Crippen LogP contribution in [0.1, 0.15) is 11.8 Å². The van der Waals surface area contributed by atoms with E-state index in [1.165, 1.54) is 11.3 Å². The molecule has 1 unspecified atom stereocenters. The lowest BCUT2D eigenvalue weighted by molar-refractivity contribution is -0.119. The molecule has 8 heteroatoms. The third-order valence-electron chi connectivity index (χ3n) is 2.18. The Kier molecular flexibility index (Phi) is 5.69. The largest absolute Gasteiger partial charge is 0.397 e. The Hall–Kier alpha value is -0.730. The van der Waals surface area contributed by atoms with E-state index in [0.29, 0.717) is 16.6 Å². The van der Waals surface area contributed by atoms with Crippen molar-refractivity contribution in [2.45, 2.75) is 18.7 Å². The van der Waals surface area contributed by atoms with E-state index < -0.39 is 23.4 Å². The minimum Gasteiger partial charge on any atom is -0.383 e. The summed E-state index contributed by atoms with van der Waals surface area (Å²) >= 11 is 1.85. The zero-order chi connectivity index (χ0) is 14.5. The van der Waals surface area contributed by atoms with Crippen LogP contribution >= 0.6 is 23.1 Å². The summed E-state index contributed by atoms with van der Waals surface area (Å²) in [6, 6.07) is 3.50. The van der Waals surface area contributed by atoms with E-state index in [1.807, 2.05) is 0 Å². The van der Waals surface area contributed by atoms with Gasteiger partial charge in [-0.05, 0) is 18.4 Å². The lowest BCUT2D eigenvalue weighted by Gasteiger charge is -2.22. The molecular formula is C11H14F3NO2S2. The Morgan fingerprint density at radius 2 is 2.21 bits per heavy atom. The summed E-state index contributed by atoms with van der Waals surface area (Å²) in [7, 11) is 0. The molecule has 1 rings (SSSR count). The second-order valence-corrected chi connectivity index (χ2v) is 6.07. The van der Waals surface area contributed by atoms with Gasteiger partial charge in [0.05, 0.1) is 18.1 Å². The molecule has 3 nitrogen and oxygen atoms in total. The van der Waals surface area contributed by atoms with Gasteiger partial charge in [-0.15, -0.1) is 23.1 Å². The molecular weight excluding hydrogens is 299 g/mol. The number of thioether (sulfide) groups is 1. The maximum absolute atomic E-state index is 11.9. The second kappa shape index (κ2) is 6.62. The van der Waals surface area contributed by atoms with E-state index in [-0.39, 0.29) is 12.3 Å². The van der Waals surface area contributed by atoms with Crippen LogP contribution in [0.4, 0.5) is 13.2 Å². The Labute approximate surface area is 117 Å². The third kappa shape index (κ3) is 6.31. The molecule has 0 aliphatic carbocycles. The van der Waals surface area contributed by atoms with Crippen molar-refractivity contribution in [3.05, 3.63) is 22.4 Å². The van der Waals surface area contributed by atoms with Gasteiger partial charge in [-0.1, -0.05) is 6.07 Å². The van der Waals surface area contributed by atoms with Gasteiger partial charge < -0.3 is 10.4 Å². The number of carbonyl (C=O) groups is 1. The van der Waals surface area contributed by atoms with Crippen molar-refractivity contribution in [1.29, 1.82) is 0 Å². The molecule has 108 valence electrons. The number of nitrogens with one attached hydrogen (secondary N) is 1. The standard InChI is InChI=1S/C11H14F3NO2S2/c1-10(17,8-3-2-4-19-8)6-15-9(16)5-18-7-11(12,13)14/h2-4,17H,5-7H2,1H3,(H,15,16). The van der Waals surface area contributed by atoms with E-state index in [4.69, 9.17) is 0 Å². The lowest BCUT2D eigenvalue weighted by Crippen LogP contribution is -2.39. The maximum Gasteiger partial charge on any atom is 0.397 e. The molecule has 19 heavy (non-hydrogen) atoms. The van der Waals surface area contributed by atoms with Crippen molar-refractivity contribution >= 4 is 29.0 Å². The Morgan fingerprint density at radius 1 is 1.53 bits per heavy atom. The second-order valence-electron chi connectivity index (χ2n) is 4.14. The first-order valence-corrected chi connectivity index (χ1v) is 7.42. The van der Waals surface area contributed by atoms with Crippen LogP contribution in [-0.2, 0) is 10.4 Å². The molecule has 0 bridgehead atoms.